The smallest absolute Gasteiger partial charge is 0.159 e. The summed E-state index contributed by atoms with van der Waals surface area (Å²) in [7, 11) is 0. The van der Waals surface area contributed by atoms with E-state index in [1.165, 1.54) is 111 Å². The maximum Gasteiger partial charge on any atom is 0.159 e. The Kier molecular flexibility index (Phi) is 10.1. The van der Waals surface area contributed by atoms with Crippen molar-refractivity contribution in [1.29, 1.82) is 0 Å². The zero-order valence-electron chi connectivity index (χ0n) is 49.8. The van der Waals surface area contributed by atoms with Gasteiger partial charge in [0.1, 0.15) is 11.2 Å². The molecule has 0 saturated carbocycles. The summed E-state index contributed by atoms with van der Waals surface area (Å²) < 4.78 is 13.8. The van der Waals surface area contributed by atoms with Crippen LogP contribution in [0, 0.1) is 27.7 Å². The van der Waals surface area contributed by atoms with Gasteiger partial charge in [0.15, 0.2) is 11.2 Å². The number of fused-ring (bicyclic) bond motifs is 20. The molecule has 0 aliphatic heterocycles. The lowest BCUT2D eigenvalue weighted by Gasteiger charge is -2.32. The van der Waals surface area contributed by atoms with E-state index in [1.54, 1.807) is 0 Å². The van der Waals surface area contributed by atoms with Crippen LogP contribution >= 0.6 is 0 Å². The predicted octanol–water partition coefficient (Wildman–Crippen LogP) is 22.9. The molecular weight excluding hydrogens is 1030 g/mol. The maximum atomic E-state index is 6.88. The van der Waals surface area contributed by atoms with E-state index in [0.29, 0.717) is 0 Å². The normalized spacial score (nSPS) is 14.8. The second kappa shape index (κ2) is 17.2. The van der Waals surface area contributed by atoms with Crippen LogP contribution in [0.5, 0.6) is 0 Å². The summed E-state index contributed by atoms with van der Waals surface area (Å²) in [4.78, 5) is 4.97. The Morgan fingerprint density at radius 3 is 1.20 bits per heavy atom. The SMILES string of the molecule is Cc1ccc(N(c2cc3c(c4ccccc24)-c2cc4c(cc2C3(C)C)-c2ccc3c(c2C4(C)C)C(C)(C)c2cc(N(c4ccc(C)cc4C)c4cccc5c4oc4ccccc45)c4ccccc4c2-3)c2cccc3c2oc2ccccc23)c(C)c1. The fourth-order valence-electron chi connectivity index (χ4n) is 16.2. The van der Waals surface area contributed by atoms with Gasteiger partial charge in [0, 0.05) is 59.9 Å². The number of furan rings is 2. The van der Waals surface area contributed by atoms with E-state index < -0.39 is 0 Å². The lowest BCUT2D eigenvalue weighted by molar-refractivity contribution is 0.601. The third-order valence-corrected chi connectivity index (χ3v) is 20.1. The Balaban J connectivity index is 0.844. The summed E-state index contributed by atoms with van der Waals surface area (Å²) in [6.45, 7) is 23.7. The number of aryl methyl sites for hydroxylation is 4. The summed E-state index contributed by atoms with van der Waals surface area (Å²) in [6, 6.07) is 77.2. The second-order valence-electron chi connectivity index (χ2n) is 26.2. The molecule has 0 atom stereocenters. The quantitative estimate of drug-likeness (QED) is 0.166. The van der Waals surface area contributed by atoms with Crippen LogP contribution in [0.3, 0.4) is 0 Å². The van der Waals surface area contributed by atoms with Crippen molar-refractivity contribution in [1.82, 2.24) is 0 Å². The van der Waals surface area contributed by atoms with Crippen molar-refractivity contribution in [2.75, 3.05) is 9.80 Å². The van der Waals surface area contributed by atoms with Gasteiger partial charge in [-0.1, -0.05) is 198 Å². The summed E-state index contributed by atoms with van der Waals surface area (Å²) in [5, 5.41) is 9.40. The Hall–Kier alpha value is -9.64. The number of nitrogens with zero attached hydrogens (tertiary/aromatic N) is 2. The van der Waals surface area contributed by atoms with Crippen molar-refractivity contribution < 1.29 is 8.83 Å². The fraction of sp³-hybridized carbons (Fsp3) is 0.160. The number of benzene rings is 12. The molecule has 4 nitrogen and oxygen atoms in total. The van der Waals surface area contributed by atoms with Crippen LogP contribution < -0.4 is 9.80 Å². The van der Waals surface area contributed by atoms with Crippen molar-refractivity contribution in [3.05, 3.63) is 262 Å². The van der Waals surface area contributed by atoms with Gasteiger partial charge in [-0.2, -0.15) is 0 Å². The molecule has 0 fully saturated rings. The van der Waals surface area contributed by atoms with Gasteiger partial charge >= 0.3 is 0 Å². The van der Waals surface area contributed by atoms with Crippen LogP contribution in [-0.2, 0) is 16.2 Å². The van der Waals surface area contributed by atoms with Crippen molar-refractivity contribution in [3.8, 4) is 33.4 Å². The highest BCUT2D eigenvalue weighted by Gasteiger charge is 2.49. The van der Waals surface area contributed by atoms with E-state index >= 15 is 0 Å². The first-order valence-electron chi connectivity index (χ1n) is 30.2. The summed E-state index contributed by atoms with van der Waals surface area (Å²) in [5.41, 5.74) is 30.4. The third-order valence-electron chi connectivity index (χ3n) is 20.1. The predicted molar refractivity (Wildman–Crippen MR) is 357 cm³/mol. The van der Waals surface area contributed by atoms with Crippen molar-refractivity contribution in [2.24, 2.45) is 0 Å². The van der Waals surface area contributed by atoms with Crippen molar-refractivity contribution in [3.63, 3.8) is 0 Å². The minimum atomic E-state index is -0.358. The maximum absolute atomic E-state index is 6.88. The molecule has 14 aromatic rings. The van der Waals surface area contributed by atoms with Gasteiger partial charge in [-0.25, -0.2) is 0 Å². The van der Waals surface area contributed by atoms with Crippen LogP contribution in [0.2, 0.25) is 0 Å². The van der Waals surface area contributed by atoms with Gasteiger partial charge in [-0.3, -0.25) is 0 Å². The molecule has 0 spiro atoms. The first-order chi connectivity index (χ1) is 41.1. The van der Waals surface area contributed by atoms with Crippen LogP contribution in [0.1, 0.15) is 97.2 Å². The molecule has 3 aliphatic rings. The van der Waals surface area contributed by atoms with Crippen LogP contribution in [0.4, 0.5) is 34.1 Å². The third kappa shape index (κ3) is 6.68. The number of para-hydroxylation sites is 4. The molecule has 0 saturated heterocycles. The highest BCUT2D eigenvalue weighted by molar-refractivity contribution is 6.17. The molecule has 17 rings (SSSR count). The molecule has 0 unspecified atom stereocenters. The monoisotopic (exact) mass is 1100 g/mol. The summed E-state index contributed by atoms with van der Waals surface area (Å²) >= 11 is 0. The number of anilines is 6. The summed E-state index contributed by atoms with van der Waals surface area (Å²) in [6.07, 6.45) is 0. The first kappa shape index (κ1) is 49.9. The Morgan fingerprint density at radius 1 is 0.282 bits per heavy atom. The average Bonchev–Trinajstić information content (AvgIpc) is 1.53. The van der Waals surface area contributed by atoms with Crippen LogP contribution in [-0.4, -0.2) is 0 Å². The number of rotatable bonds is 6. The molecule has 0 N–H and O–H groups in total. The highest BCUT2D eigenvalue weighted by atomic mass is 16.3. The van der Waals surface area contributed by atoms with Crippen molar-refractivity contribution >= 4 is 99.5 Å². The Morgan fingerprint density at radius 2 is 0.682 bits per heavy atom. The number of hydrogen-bond donors (Lipinski definition) is 0. The lowest BCUT2D eigenvalue weighted by Crippen LogP contribution is -2.24. The van der Waals surface area contributed by atoms with Gasteiger partial charge in [0.2, 0.25) is 0 Å². The highest BCUT2D eigenvalue weighted by Crippen LogP contribution is 2.64. The number of hydrogen-bond acceptors (Lipinski definition) is 4. The zero-order chi connectivity index (χ0) is 57.7. The molecule has 0 bridgehead atoms. The van der Waals surface area contributed by atoms with Crippen molar-refractivity contribution in [2.45, 2.75) is 85.5 Å². The minimum absolute atomic E-state index is 0.321. The minimum Gasteiger partial charge on any atom is -0.454 e. The van der Waals surface area contributed by atoms with Gasteiger partial charge in [0.05, 0.1) is 22.7 Å². The van der Waals surface area contributed by atoms with E-state index in [0.717, 1.165) is 78.0 Å². The molecule has 85 heavy (non-hydrogen) atoms. The van der Waals surface area contributed by atoms with Gasteiger partial charge < -0.3 is 18.6 Å². The van der Waals surface area contributed by atoms with E-state index in [1.807, 2.05) is 0 Å². The van der Waals surface area contributed by atoms with E-state index in [2.05, 4.69) is 285 Å². The Labute approximate surface area is 496 Å². The first-order valence-corrected chi connectivity index (χ1v) is 30.2. The fourth-order valence-corrected chi connectivity index (χ4v) is 16.2. The zero-order valence-corrected chi connectivity index (χ0v) is 49.8. The van der Waals surface area contributed by atoms with E-state index in [4.69, 9.17) is 8.83 Å². The lowest BCUT2D eigenvalue weighted by atomic mass is 9.72. The average molecular weight is 1100 g/mol. The molecular formula is C81H64N2O2. The molecule has 4 heteroatoms. The summed E-state index contributed by atoms with van der Waals surface area (Å²) in [5.74, 6) is 0. The molecule has 2 aromatic heterocycles. The molecule has 3 aliphatic carbocycles. The molecule has 0 radical (unpaired) electrons. The van der Waals surface area contributed by atoms with Gasteiger partial charge in [-0.15, -0.1) is 0 Å². The molecule has 12 aromatic carbocycles. The molecule has 2 heterocycles. The van der Waals surface area contributed by atoms with E-state index in [-0.39, 0.29) is 16.2 Å². The molecule has 410 valence electrons. The topological polar surface area (TPSA) is 32.8 Å². The molecule has 0 amide bonds. The largest absolute Gasteiger partial charge is 0.454 e. The van der Waals surface area contributed by atoms with Crippen LogP contribution in [0.15, 0.2) is 215 Å². The van der Waals surface area contributed by atoms with E-state index in [9.17, 15) is 0 Å². The van der Waals surface area contributed by atoms with Gasteiger partial charge in [-0.05, 0) is 177 Å². The second-order valence-corrected chi connectivity index (χ2v) is 26.2. The van der Waals surface area contributed by atoms with Crippen LogP contribution in [0.25, 0.3) is 98.8 Å². The standard InChI is InChI=1S/C81H64N2O2/c1-45-33-37-65(47(3)39-45)82(67-29-19-27-56-51-23-15-17-31-71(51)84-77(56)67)69-43-63-74(54-26-14-12-22-50(54)69)60-42-61-59(41-62(60)79(63,5)6)55-35-36-58-73-53-25-13-11-21-49(53)70(44-64(73)81(9,10)76(58)75(55)80(61,7)8)83(66-38-34-46(2)40-48(66)4)68-30-20-28-57-52-24-16-18-32-72(52)85-78(57)68/h11-44H,1-10H3. The van der Waals surface area contributed by atoms with Gasteiger partial charge in [0.25, 0.3) is 0 Å². The Bertz CT molecular complexity index is 5290.